The minimum absolute atomic E-state index is 0.0490. The number of carbonyl (C=O) groups excluding carboxylic acids is 1. The number of benzene rings is 3. The first kappa shape index (κ1) is 21.6. The van der Waals surface area contributed by atoms with Crippen LogP contribution in [0.15, 0.2) is 60.7 Å². The Labute approximate surface area is 190 Å². The van der Waals surface area contributed by atoms with Crippen molar-refractivity contribution in [3.8, 4) is 11.6 Å². The summed E-state index contributed by atoms with van der Waals surface area (Å²) in [5, 5.41) is 10.9. The third-order valence-electron chi connectivity index (χ3n) is 4.89. The van der Waals surface area contributed by atoms with Gasteiger partial charge in [-0.15, -0.1) is 5.10 Å². The molecule has 0 bridgehead atoms. The highest BCUT2D eigenvalue weighted by Crippen LogP contribution is 2.24. The fraction of sp³-hybridized carbons (Fsp3) is 0.208. The molecule has 0 aliphatic rings. The normalized spacial score (nSPS) is 10.8. The predicted octanol–water partition coefficient (Wildman–Crippen LogP) is 4.90. The maximum absolute atomic E-state index is 12.4. The van der Waals surface area contributed by atoms with E-state index < -0.39 is 5.97 Å². The Hall–Kier alpha value is -3.58. The van der Waals surface area contributed by atoms with Crippen molar-refractivity contribution in [2.75, 3.05) is 13.7 Å². The largest absolute Gasteiger partial charge is 0.497 e. The van der Waals surface area contributed by atoms with Crippen LogP contribution in [0.3, 0.4) is 0 Å². The first-order valence-corrected chi connectivity index (χ1v) is 10.5. The third-order valence-corrected chi connectivity index (χ3v) is 5.13. The topological polar surface area (TPSA) is 75.5 Å². The molecule has 1 aromatic heterocycles. The zero-order valence-electron chi connectivity index (χ0n) is 17.7. The van der Waals surface area contributed by atoms with Gasteiger partial charge in [0.1, 0.15) is 12.4 Å². The maximum atomic E-state index is 12.4. The van der Waals surface area contributed by atoms with Gasteiger partial charge in [-0.3, -0.25) is 0 Å². The van der Waals surface area contributed by atoms with E-state index in [9.17, 15) is 4.79 Å². The molecular formula is C24H22ClN3O4. The van der Waals surface area contributed by atoms with E-state index in [-0.39, 0.29) is 24.8 Å². The van der Waals surface area contributed by atoms with Crippen LogP contribution in [0.2, 0.25) is 5.02 Å². The minimum atomic E-state index is -0.573. The molecule has 0 unspecified atom stereocenters. The van der Waals surface area contributed by atoms with Crippen LogP contribution >= 0.6 is 11.6 Å². The number of methoxy groups -OCH3 is 1. The molecule has 0 saturated carbocycles. The molecule has 1 heterocycles. The number of aromatic nitrogens is 3. The van der Waals surface area contributed by atoms with Crippen LogP contribution in [0.4, 0.5) is 0 Å². The smallest absolute Gasteiger partial charge is 0.364 e. The summed E-state index contributed by atoms with van der Waals surface area (Å²) in [5.74, 6) is 0.445. The number of fused-ring (bicyclic) bond motifs is 1. The van der Waals surface area contributed by atoms with Crippen molar-refractivity contribution < 1.29 is 19.0 Å². The van der Waals surface area contributed by atoms with Crippen LogP contribution < -0.4 is 9.47 Å². The van der Waals surface area contributed by atoms with Crippen molar-refractivity contribution in [3.05, 3.63) is 82.5 Å². The van der Waals surface area contributed by atoms with Crippen LogP contribution in [0, 0.1) is 0 Å². The first-order chi connectivity index (χ1) is 15.6. The Morgan fingerprint density at radius 1 is 1.00 bits per heavy atom. The summed E-state index contributed by atoms with van der Waals surface area (Å²) in [6.45, 7) is 2.58. The molecule has 0 saturated heterocycles. The second-order valence-electron chi connectivity index (χ2n) is 7.08. The molecule has 164 valence electrons. The van der Waals surface area contributed by atoms with E-state index in [1.165, 1.54) is 0 Å². The van der Waals surface area contributed by atoms with E-state index in [2.05, 4.69) is 10.3 Å². The molecule has 0 fully saturated rings. The molecule has 7 nitrogen and oxygen atoms in total. The Bertz CT molecular complexity index is 1240. The number of hydrogen-bond donors (Lipinski definition) is 0. The summed E-state index contributed by atoms with van der Waals surface area (Å²) in [6.07, 6.45) is 0. The van der Waals surface area contributed by atoms with Gasteiger partial charge in [-0.2, -0.15) is 0 Å². The van der Waals surface area contributed by atoms with Gasteiger partial charge in [-0.05, 0) is 59.2 Å². The Morgan fingerprint density at radius 3 is 2.47 bits per heavy atom. The van der Waals surface area contributed by atoms with Gasteiger partial charge < -0.3 is 14.2 Å². The van der Waals surface area contributed by atoms with Gasteiger partial charge in [-0.25, -0.2) is 9.48 Å². The summed E-state index contributed by atoms with van der Waals surface area (Å²) in [4.78, 5) is 12.4. The molecule has 4 rings (SSSR count). The van der Waals surface area contributed by atoms with Gasteiger partial charge in [0.05, 0.1) is 20.3 Å². The average molecular weight is 452 g/mol. The highest BCUT2D eigenvalue weighted by molar-refractivity contribution is 6.31. The van der Waals surface area contributed by atoms with Crippen LogP contribution in [0.1, 0.15) is 28.5 Å². The van der Waals surface area contributed by atoms with E-state index in [1.54, 1.807) is 18.7 Å². The van der Waals surface area contributed by atoms with Crippen molar-refractivity contribution in [2.45, 2.75) is 20.1 Å². The number of ether oxygens (including phenoxy) is 3. The lowest BCUT2D eigenvalue weighted by atomic mass is 10.1. The number of esters is 1. The first-order valence-electron chi connectivity index (χ1n) is 10.1. The Kier molecular flexibility index (Phi) is 6.56. The number of halogens is 1. The zero-order valence-corrected chi connectivity index (χ0v) is 18.5. The van der Waals surface area contributed by atoms with E-state index in [1.807, 2.05) is 60.7 Å². The summed E-state index contributed by atoms with van der Waals surface area (Å²) in [5.41, 5.74) is 1.94. The molecule has 8 heteroatoms. The Balaban J connectivity index is 1.59. The third kappa shape index (κ3) is 4.84. The fourth-order valence-electron chi connectivity index (χ4n) is 3.29. The maximum Gasteiger partial charge on any atom is 0.364 e. The highest BCUT2D eigenvalue weighted by Gasteiger charge is 2.23. The fourth-order valence-corrected chi connectivity index (χ4v) is 3.47. The molecule has 3 aromatic carbocycles. The van der Waals surface area contributed by atoms with Crippen molar-refractivity contribution in [3.63, 3.8) is 0 Å². The lowest BCUT2D eigenvalue weighted by Crippen LogP contribution is -2.11. The van der Waals surface area contributed by atoms with Crippen LogP contribution in [-0.4, -0.2) is 34.7 Å². The van der Waals surface area contributed by atoms with E-state index in [0.29, 0.717) is 11.6 Å². The van der Waals surface area contributed by atoms with Crippen molar-refractivity contribution >= 4 is 28.3 Å². The molecular weight excluding hydrogens is 430 g/mol. The number of rotatable bonds is 8. The van der Waals surface area contributed by atoms with Crippen molar-refractivity contribution in [1.82, 2.24) is 15.0 Å². The number of hydrogen-bond acceptors (Lipinski definition) is 6. The zero-order chi connectivity index (χ0) is 22.5. The summed E-state index contributed by atoms with van der Waals surface area (Å²) in [6, 6.07) is 19.2. The van der Waals surface area contributed by atoms with Gasteiger partial charge in [0.25, 0.3) is 0 Å². The second kappa shape index (κ2) is 9.70. The van der Waals surface area contributed by atoms with Crippen LogP contribution in [0.25, 0.3) is 10.8 Å². The van der Waals surface area contributed by atoms with Crippen molar-refractivity contribution in [2.24, 2.45) is 0 Å². The molecule has 0 N–H and O–H groups in total. The predicted molar refractivity (Wildman–Crippen MR) is 121 cm³/mol. The van der Waals surface area contributed by atoms with E-state index >= 15 is 0 Å². The van der Waals surface area contributed by atoms with E-state index in [0.717, 1.165) is 27.6 Å². The average Bonchev–Trinajstić information content (AvgIpc) is 3.20. The molecule has 0 aliphatic heterocycles. The quantitative estimate of drug-likeness (QED) is 0.355. The monoisotopic (exact) mass is 451 g/mol. The number of carbonyl (C=O) groups is 1. The SMILES string of the molecule is CCOC(=O)c1nnn(Cc2ccc(OC)cc2)c1OCc1ccc2cc(Cl)ccc2c1. The minimum Gasteiger partial charge on any atom is -0.497 e. The van der Waals surface area contributed by atoms with Gasteiger partial charge in [0.15, 0.2) is 0 Å². The molecule has 32 heavy (non-hydrogen) atoms. The number of nitrogens with zero attached hydrogens (tertiary/aromatic N) is 3. The van der Waals surface area contributed by atoms with Crippen molar-refractivity contribution in [1.29, 1.82) is 0 Å². The van der Waals surface area contributed by atoms with Gasteiger partial charge in [0, 0.05) is 5.02 Å². The molecule has 4 aromatic rings. The van der Waals surface area contributed by atoms with Gasteiger partial charge >= 0.3 is 5.97 Å². The van der Waals surface area contributed by atoms with Crippen LogP contribution in [0.5, 0.6) is 11.6 Å². The lowest BCUT2D eigenvalue weighted by molar-refractivity contribution is 0.0513. The molecule has 0 atom stereocenters. The van der Waals surface area contributed by atoms with Crippen LogP contribution in [-0.2, 0) is 17.9 Å². The second-order valence-corrected chi connectivity index (χ2v) is 7.52. The standard InChI is InChI=1S/C24H22ClN3O4/c1-3-31-24(29)22-23(28(27-26-22)14-16-5-10-21(30-2)11-6-16)32-15-17-4-7-19-13-20(25)9-8-18(19)12-17/h4-13H,3,14-15H2,1-2H3. The molecule has 0 radical (unpaired) electrons. The summed E-state index contributed by atoms with van der Waals surface area (Å²) >= 11 is 6.07. The molecule has 0 amide bonds. The summed E-state index contributed by atoms with van der Waals surface area (Å²) in [7, 11) is 1.62. The molecule has 0 spiro atoms. The molecule has 0 aliphatic carbocycles. The summed E-state index contributed by atoms with van der Waals surface area (Å²) < 4.78 is 17.9. The highest BCUT2D eigenvalue weighted by atomic mass is 35.5. The Morgan fingerprint density at radius 2 is 1.72 bits per heavy atom. The lowest BCUT2D eigenvalue weighted by Gasteiger charge is -2.11. The van der Waals surface area contributed by atoms with Gasteiger partial charge in [0.2, 0.25) is 11.6 Å². The van der Waals surface area contributed by atoms with E-state index in [4.69, 9.17) is 25.8 Å². The van der Waals surface area contributed by atoms with Gasteiger partial charge in [-0.1, -0.05) is 47.1 Å².